The average Bonchev–Trinajstić information content (AvgIpc) is 2.36. The molecule has 0 spiro atoms. The van der Waals surface area contributed by atoms with Crippen LogP contribution in [0.1, 0.15) is 22.6 Å². The Morgan fingerprint density at radius 2 is 2.00 bits per heavy atom. The maximum atomic E-state index is 13.5. The highest BCUT2D eigenvalue weighted by molar-refractivity contribution is 5.23. The Bertz CT molecular complexity index is 540. The summed E-state index contributed by atoms with van der Waals surface area (Å²) in [4.78, 5) is 8.69. The van der Waals surface area contributed by atoms with E-state index in [0.29, 0.717) is 17.8 Å². The fourth-order valence-corrected chi connectivity index (χ4v) is 1.80. The number of aromatic nitrogens is 2. The van der Waals surface area contributed by atoms with Gasteiger partial charge in [-0.1, -0.05) is 18.2 Å². The Morgan fingerprint density at radius 3 is 2.67 bits per heavy atom. The molecule has 0 saturated heterocycles. The van der Waals surface area contributed by atoms with Crippen LogP contribution in [0, 0.1) is 12.7 Å². The molecular formula is C14H16FN3. The predicted octanol–water partition coefficient (Wildman–Crippen LogP) is 2.23. The molecule has 18 heavy (non-hydrogen) atoms. The van der Waals surface area contributed by atoms with Gasteiger partial charge in [0.25, 0.3) is 0 Å². The van der Waals surface area contributed by atoms with Crippen LogP contribution >= 0.6 is 0 Å². The van der Waals surface area contributed by atoms with Crippen LogP contribution in [-0.4, -0.2) is 17.0 Å². The van der Waals surface area contributed by atoms with Crippen LogP contribution in [0.5, 0.6) is 0 Å². The van der Waals surface area contributed by atoms with E-state index in [1.54, 1.807) is 18.3 Å². The molecule has 0 fully saturated rings. The van der Waals surface area contributed by atoms with Gasteiger partial charge in [0.05, 0.1) is 0 Å². The number of rotatable bonds is 4. The van der Waals surface area contributed by atoms with Gasteiger partial charge in [0.1, 0.15) is 11.6 Å². The Morgan fingerprint density at radius 1 is 1.22 bits per heavy atom. The van der Waals surface area contributed by atoms with E-state index in [0.717, 1.165) is 17.8 Å². The fraction of sp³-hybridized carbons (Fsp3) is 0.286. The molecule has 1 N–H and O–H groups in total. The number of nitrogens with one attached hydrogen (secondary N) is 1. The first-order valence-electron chi connectivity index (χ1n) is 5.90. The lowest BCUT2D eigenvalue weighted by Crippen LogP contribution is -2.10. The molecule has 0 saturated carbocycles. The lowest BCUT2D eigenvalue weighted by atomic mass is 10.1. The lowest BCUT2D eigenvalue weighted by molar-refractivity contribution is 0.611. The minimum absolute atomic E-state index is 0.210. The molecule has 1 aromatic carbocycles. The normalized spacial score (nSPS) is 10.6. The van der Waals surface area contributed by atoms with E-state index in [1.807, 2.05) is 20.0 Å². The maximum Gasteiger partial charge on any atom is 0.133 e. The molecule has 2 aromatic rings. The van der Waals surface area contributed by atoms with Gasteiger partial charge in [-0.3, -0.25) is 0 Å². The van der Waals surface area contributed by atoms with Gasteiger partial charge in [-0.25, -0.2) is 14.4 Å². The topological polar surface area (TPSA) is 37.8 Å². The van der Waals surface area contributed by atoms with Crippen molar-refractivity contribution in [2.45, 2.75) is 19.9 Å². The second-order valence-corrected chi connectivity index (χ2v) is 4.20. The number of aryl methyl sites for hydroxylation is 1. The minimum atomic E-state index is -0.210. The van der Waals surface area contributed by atoms with Gasteiger partial charge >= 0.3 is 0 Å². The maximum absolute atomic E-state index is 13.5. The molecule has 0 unspecified atom stereocenters. The monoisotopic (exact) mass is 245 g/mol. The third kappa shape index (κ3) is 2.90. The van der Waals surface area contributed by atoms with Crippen molar-refractivity contribution < 1.29 is 4.39 Å². The summed E-state index contributed by atoms with van der Waals surface area (Å²) in [6, 6.07) is 6.72. The lowest BCUT2D eigenvalue weighted by Gasteiger charge is -2.07. The van der Waals surface area contributed by atoms with Crippen molar-refractivity contribution in [1.82, 2.24) is 15.3 Å². The van der Waals surface area contributed by atoms with Crippen LogP contribution in [0.2, 0.25) is 0 Å². The first kappa shape index (κ1) is 12.6. The van der Waals surface area contributed by atoms with Gasteiger partial charge < -0.3 is 5.32 Å². The standard InChI is InChI=1S/C14H16FN3/c1-10-12(8-16-2)9-17-14(18-10)7-11-5-3-4-6-13(11)15/h3-6,9,16H,7-8H2,1-2H3. The van der Waals surface area contributed by atoms with Gasteiger partial charge in [-0.05, 0) is 25.6 Å². The third-order valence-corrected chi connectivity index (χ3v) is 2.80. The fourth-order valence-electron chi connectivity index (χ4n) is 1.80. The van der Waals surface area contributed by atoms with E-state index < -0.39 is 0 Å². The zero-order valence-corrected chi connectivity index (χ0v) is 10.6. The molecule has 0 amide bonds. The quantitative estimate of drug-likeness (QED) is 0.897. The molecule has 0 aliphatic carbocycles. The first-order valence-corrected chi connectivity index (χ1v) is 5.90. The molecule has 0 aliphatic rings. The van der Waals surface area contributed by atoms with Crippen molar-refractivity contribution in [2.75, 3.05) is 7.05 Å². The molecule has 0 aliphatic heterocycles. The largest absolute Gasteiger partial charge is 0.316 e. The van der Waals surface area contributed by atoms with Crippen molar-refractivity contribution in [3.63, 3.8) is 0 Å². The van der Waals surface area contributed by atoms with Gasteiger partial charge in [0, 0.05) is 30.4 Å². The third-order valence-electron chi connectivity index (χ3n) is 2.80. The molecule has 4 heteroatoms. The van der Waals surface area contributed by atoms with Crippen LogP contribution in [0.15, 0.2) is 30.5 Å². The molecule has 1 aromatic heterocycles. The van der Waals surface area contributed by atoms with Crippen LogP contribution in [0.4, 0.5) is 4.39 Å². The summed E-state index contributed by atoms with van der Waals surface area (Å²) in [7, 11) is 1.88. The number of nitrogens with zero attached hydrogens (tertiary/aromatic N) is 2. The van der Waals surface area contributed by atoms with E-state index in [4.69, 9.17) is 0 Å². The Kier molecular flexibility index (Phi) is 3.99. The molecule has 0 bridgehead atoms. The van der Waals surface area contributed by atoms with Gasteiger partial charge in [0.15, 0.2) is 0 Å². The number of halogens is 1. The van der Waals surface area contributed by atoms with Gasteiger partial charge in [0.2, 0.25) is 0 Å². The summed E-state index contributed by atoms with van der Waals surface area (Å²) in [5.74, 6) is 0.440. The zero-order chi connectivity index (χ0) is 13.0. The molecular weight excluding hydrogens is 229 g/mol. The summed E-state index contributed by atoms with van der Waals surface area (Å²) >= 11 is 0. The smallest absolute Gasteiger partial charge is 0.133 e. The van der Waals surface area contributed by atoms with E-state index in [9.17, 15) is 4.39 Å². The van der Waals surface area contributed by atoms with Crippen molar-refractivity contribution in [2.24, 2.45) is 0 Å². The molecule has 1 heterocycles. The SMILES string of the molecule is CNCc1cnc(Cc2ccccc2F)nc1C. The number of hydrogen-bond acceptors (Lipinski definition) is 3. The summed E-state index contributed by atoms with van der Waals surface area (Å²) in [5, 5.41) is 3.06. The molecule has 0 atom stereocenters. The van der Waals surface area contributed by atoms with Gasteiger partial charge in [-0.2, -0.15) is 0 Å². The van der Waals surface area contributed by atoms with E-state index in [1.165, 1.54) is 6.07 Å². The number of hydrogen-bond donors (Lipinski definition) is 1. The second-order valence-electron chi connectivity index (χ2n) is 4.20. The minimum Gasteiger partial charge on any atom is -0.316 e. The highest BCUT2D eigenvalue weighted by Gasteiger charge is 2.06. The van der Waals surface area contributed by atoms with Crippen molar-refractivity contribution >= 4 is 0 Å². The van der Waals surface area contributed by atoms with E-state index in [2.05, 4.69) is 15.3 Å². The van der Waals surface area contributed by atoms with Crippen molar-refractivity contribution in [3.8, 4) is 0 Å². The Labute approximate surface area is 106 Å². The second kappa shape index (κ2) is 5.69. The number of benzene rings is 1. The van der Waals surface area contributed by atoms with E-state index >= 15 is 0 Å². The van der Waals surface area contributed by atoms with Gasteiger partial charge in [-0.15, -0.1) is 0 Å². The molecule has 2 rings (SSSR count). The summed E-state index contributed by atoms with van der Waals surface area (Å²) in [6.45, 7) is 2.69. The first-order chi connectivity index (χ1) is 8.70. The van der Waals surface area contributed by atoms with Crippen molar-refractivity contribution in [1.29, 1.82) is 0 Å². The highest BCUT2D eigenvalue weighted by Crippen LogP contribution is 2.11. The van der Waals surface area contributed by atoms with Crippen molar-refractivity contribution in [3.05, 3.63) is 58.9 Å². The summed E-state index contributed by atoms with van der Waals surface area (Å²) in [6.07, 6.45) is 2.22. The Hall–Kier alpha value is -1.81. The van der Waals surface area contributed by atoms with Crippen LogP contribution in [0.3, 0.4) is 0 Å². The summed E-state index contributed by atoms with van der Waals surface area (Å²) < 4.78 is 13.5. The van der Waals surface area contributed by atoms with Crippen LogP contribution in [0.25, 0.3) is 0 Å². The molecule has 94 valence electrons. The van der Waals surface area contributed by atoms with E-state index in [-0.39, 0.29) is 5.82 Å². The van der Waals surface area contributed by atoms with Crippen LogP contribution in [-0.2, 0) is 13.0 Å². The zero-order valence-electron chi connectivity index (χ0n) is 10.6. The predicted molar refractivity (Wildman–Crippen MR) is 68.7 cm³/mol. The molecule has 3 nitrogen and oxygen atoms in total. The van der Waals surface area contributed by atoms with Crippen LogP contribution < -0.4 is 5.32 Å². The highest BCUT2D eigenvalue weighted by atomic mass is 19.1. The Balaban J connectivity index is 2.20. The summed E-state index contributed by atoms with van der Waals surface area (Å²) in [5.41, 5.74) is 2.62. The average molecular weight is 245 g/mol. The molecule has 0 radical (unpaired) electrons.